The molecule has 4 rings (SSSR count). The number of aryl methyl sites for hydroxylation is 1. The molecule has 0 aliphatic carbocycles. The van der Waals surface area contributed by atoms with E-state index in [1.165, 1.54) is 5.56 Å². The number of fused-ring (bicyclic) bond motifs is 1. The lowest BCUT2D eigenvalue weighted by atomic mass is 9.97. The second-order valence-corrected chi connectivity index (χ2v) is 7.54. The number of piperidine rings is 1. The Morgan fingerprint density at radius 1 is 1.17 bits per heavy atom. The van der Waals surface area contributed by atoms with Crippen molar-refractivity contribution in [3.63, 3.8) is 0 Å². The Morgan fingerprint density at radius 3 is 2.72 bits per heavy atom. The quantitative estimate of drug-likeness (QED) is 0.722. The standard InChI is InChI=1S/C23H26N4O2/c1-16-7-5-8-17(13-16)14-24-22(28)18-9-6-12-27(15-18)21-23(29-2)26-20-11-4-3-10-19(20)25-21/h3-5,7-8,10-11,13,18H,6,9,12,14-15H2,1-2H3,(H,24,28). The Morgan fingerprint density at radius 2 is 1.97 bits per heavy atom. The first-order valence-electron chi connectivity index (χ1n) is 10.0. The van der Waals surface area contributed by atoms with Crippen molar-refractivity contribution in [2.24, 2.45) is 5.92 Å². The molecular formula is C23H26N4O2. The first-order chi connectivity index (χ1) is 14.1. The third-order valence-electron chi connectivity index (χ3n) is 5.36. The van der Waals surface area contributed by atoms with Crippen molar-refractivity contribution in [2.75, 3.05) is 25.1 Å². The molecule has 0 spiro atoms. The Bertz CT molecular complexity index is 1020. The van der Waals surface area contributed by atoms with Crippen LogP contribution < -0.4 is 15.0 Å². The van der Waals surface area contributed by atoms with Crippen LogP contribution in [0.1, 0.15) is 24.0 Å². The summed E-state index contributed by atoms with van der Waals surface area (Å²) in [6.45, 7) is 4.06. The predicted octanol–water partition coefficient (Wildman–Crippen LogP) is 3.48. The van der Waals surface area contributed by atoms with Gasteiger partial charge in [0.2, 0.25) is 5.91 Å². The second kappa shape index (κ2) is 8.47. The Kier molecular flexibility index (Phi) is 5.60. The van der Waals surface area contributed by atoms with Gasteiger partial charge >= 0.3 is 0 Å². The van der Waals surface area contributed by atoms with Crippen LogP contribution in [-0.2, 0) is 11.3 Å². The summed E-state index contributed by atoms with van der Waals surface area (Å²) in [6.07, 6.45) is 1.81. The van der Waals surface area contributed by atoms with E-state index in [1.54, 1.807) is 7.11 Å². The number of carbonyl (C=O) groups is 1. The number of methoxy groups -OCH3 is 1. The molecule has 0 bridgehead atoms. The molecule has 1 aliphatic heterocycles. The van der Waals surface area contributed by atoms with E-state index in [9.17, 15) is 4.79 Å². The van der Waals surface area contributed by atoms with Gasteiger partial charge in [-0.25, -0.2) is 9.97 Å². The smallest absolute Gasteiger partial charge is 0.257 e. The minimum absolute atomic E-state index is 0.0773. The number of nitrogens with one attached hydrogen (secondary N) is 1. The summed E-state index contributed by atoms with van der Waals surface area (Å²) in [6, 6.07) is 16.0. The topological polar surface area (TPSA) is 67.4 Å². The van der Waals surface area contributed by atoms with E-state index in [0.717, 1.165) is 36.0 Å². The van der Waals surface area contributed by atoms with Gasteiger partial charge in [-0.2, -0.15) is 0 Å². The van der Waals surface area contributed by atoms with Crippen molar-refractivity contribution >= 4 is 22.8 Å². The van der Waals surface area contributed by atoms with Gasteiger partial charge in [0.25, 0.3) is 5.88 Å². The molecule has 3 aromatic rings. The van der Waals surface area contributed by atoms with Crippen LogP contribution in [0.25, 0.3) is 11.0 Å². The summed E-state index contributed by atoms with van der Waals surface area (Å²) in [5.74, 6) is 1.22. The Labute approximate surface area is 170 Å². The molecule has 2 heterocycles. The van der Waals surface area contributed by atoms with Gasteiger partial charge < -0.3 is 15.0 Å². The molecule has 1 amide bonds. The van der Waals surface area contributed by atoms with E-state index in [-0.39, 0.29) is 11.8 Å². The zero-order valence-electron chi connectivity index (χ0n) is 16.9. The zero-order valence-corrected chi connectivity index (χ0v) is 16.9. The molecule has 1 N–H and O–H groups in total. The van der Waals surface area contributed by atoms with Crippen molar-refractivity contribution in [3.8, 4) is 5.88 Å². The molecule has 2 aromatic carbocycles. The minimum Gasteiger partial charge on any atom is -0.478 e. The number of nitrogens with zero attached hydrogens (tertiary/aromatic N) is 3. The highest BCUT2D eigenvalue weighted by Crippen LogP contribution is 2.30. The van der Waals surface area contributed by atoms with Crippen LogP contribution in [0.3, 0.4) is 0 Å². The fourth-order valence-electron chi connectivity index (χ4n) is 3.86. The molecular weight excluding hydrogens is 364 g/mol. The fourth-order valence-corrected chi connectivity index (χ4v) is 3.86. The van der Waals surface area contributed by atoms with Crippen molar-refractivity contribution in [1.29, 1.82) is 0 Å². The highest BCUT2D eigenvalue weighted by atomic mass is 16.5. The average molecular weight is 390 g/mol. The van der Waals surface area contributed by atoms with Crippen LogP contribution in [0.15, 0.2) is 48.5 Å². The van der Waals surface area contributed by atoms with Crippen LogP contribution in [0.5, 0.6) is 5.88 Å². The van der Waals surface area contributed by atoms with E-state index in [0.29, 0.717) is 24.8 Å². The van der Waals surface area contributed by atoms with Crippen LogP contribution in [0.2, 0.25) is 0 Å². The monoisotopic (exact) mass is 390 g/mol. The number of amides is 1. The van der Waals surface area contributed by atoms with Crippen LogP contribution in [0, 0.1) is 12.8 Å². The largest absolute Gasteiger partial charge is 0.478 e. The molecule has 6 nitrogen and oxygen atoms in total. The summed E-state index contributed by atoms with van der Waals surface area (Å²) in [5.41, 5.74) is 3.95. The number of benzene rings is 2. The maximum atomic E-state index is 12.8. The Hall–Kier alpha value is -3.15. The number of ether oxygens (including phenoxy) is 1. The van der Waals surface area contributed by atoms with Gasteiger partial charge in [0.1, 0.15) is 0 Å². The van der Waals surface area contributed by atoms with Gasteiger partial charge in [0.05, 0.1) is 24.1 Å². The molecule has 1 aliphatic rings. The van der Waals surface area contributed by atoms with Crippen LogP contribution >= 0.6 is 0 Å². The number of hydrogen-bond donors (Lipinski definition) is 1. The molecule has 1 fully saturated rings. The summed E-state index contributed by atoms with van der Waals surface area (Å²) in [5, 5.41) is 3.09. The maximum absolute atomic E-state index is 12.8. The van der Waals surface area contributed by atoms with Crippen molar-refractivity contribution < 1.29 is 9.53 Å². The van der Waals surface area contributed by atoms with E-state index >= 15 is 0 Å². The number of anilines is 1. The third kappa shape index (κ3) is 4.31. The zero-order chi connectivity index (χ0) is 20.2. The molecule has 1 aromatic heterocycles. The molecule has 1 unspecified atom stereocenters. The lowest BCUT2D eigenvalue weighted by Crippen LogP contribution is -2.43. The number of aromatic nitrogens is 2. The highest BCUT2D eigenvalue weighted by molar-refractivity contribution is 5.80. The molecule has 150 valence electrons. The highest BCUT2D eigenvalue weighted by Gasteiger charge is 2.28. The van der Waals surface area contributed by atoms with Crippen molar-refractivity contribution in [1.82, 2.24) is 15.3 Å². The fraction of sp³-hybridized carbons (Fsp3) is 0.348. The summed E-state index contributed by atoms with van der Waals surface area (Å²) >= 11 is 0. The lowest BCUT2D eigenvalue weighted by Gasteiger charge is -2.33. The van der Waals surface area contributed by atoms with Gasteiger partial charge in [-0.3, -0.25) is 4.79 Å². The number of carbonyl (C=O) groups excluding carboxylic acids is 1. The third-order valence-corrected chi connectivity index (χ3v) is 5.36. The molecule has 1 atom stereocenters. The lowest BCUT2D eigenvalue weighted by molar-refractivity contribution is -0.125. The number of para-hydroxylation sites is 2. The van der Waals surface area contributed by atoms with E-state index in [2.05, 4.69) is 34.3 Å². The SMILES string of the molecule is COc1nc2ccccc2nc1N1CCCC(C(=O)NCc2cccc(C)c2)C1. The van der Waals surface area contributed by atoms with Crippen molar-refractivity contribution in [3.05, 3.63) is 59.7 Å². The van der Waals surface area contributed by atoms with Crippen LogP contribution in [0.4, 0.5) is 5.82 Å². The minimum atomic E-state index is -0.0773. The second-order valence-electron chi connectivity index (χ2n) is 7.54. The van der Waals surface area contributed by atoms with Gasteiger partial charge in [0.15, 0.2) is 5.82 Å². The van der Waals surface area contributed by atoms with Crippen LogP contribution in [-0.4, -0.2) is 36.1 Å². The average Bonchev–Trinajstić information content (AvgIpc) is 2.76. The maximum Gasteiger partial charge on any atom is 0.257 e. The van der Waals surface area contributed by atoms with E-state index < -0.39 is 0 Å². The number of rotatable bonds is 5. The Balaban J connectivity index is 1.48. The predicted molar refractivity (Wildman–Crippen MR) is 114 cm³/mol. The van der Waals surface area contributed by atoms with Gasteiger partial charge in [-0.15, -0.1) is 0 Å². The van der Waals surface area contributed by atoms with E-state index in [1.807, 2.05) is 36.4 Å². The summed E-state index contributed by atoms with van der Waals surface area (Å²) < 4.78 is 5.50. The summed E-state index contributed by atoms with van der Waals surface area (Å²) in [7, 11) is 1.61. The van der Waals surface area contributed by atoms with Gasteiger partial charge in [0, 0.05) is 19.6 Å². The van der Waals surface area contributed by atoms with Crippen molar-refractivity contribution in [2.45, 2.75) is 26.3 Å². The van der Waals surface area contributed by atoms with Gasteiger partial charge in [-0.1, -0.05) is 42.0 Å². The first-order valence-corrected chi connectivity index (χ1v) is 10.0. The molecule has 6 heteroatoms. The molecule has 0 radical (unpaired) electrons. The molecule has 29 heavy (non-hydrogen) atoms. The molecule has 0 saturated carbocycles. The van der Waals surface area contributed by atoms with E-state index in [4.69, 9.17) is 9.72 Å². The normalized spacial score (nSPS) is 16.6. The van der Waals surface area contributed by atoms with Gasteiger partial charge in [-0.05, 0) is 37.5 Å². The summed E-state index contributed by atoms with van der Waals surface area (Å²) in [4.78, 5) is 24.3. The molecule has 1 saturated heterocycles. The number of hydrogen-bond acceptors (Lipinski definition) is 5. The first kappa shape index (κ1) is 19.2.